The molecule has 0 radical (unpaired) electrons. The molecule has 0 aromatic heterocycles. The highest BCUT2D eigenvalue weighted by molar-refractivity contribution is 6.02. The minimum absolute atomic E-state index is 0.241. The van der Waals surface area contributed by atoms with Crippen LogP contribution < -0.4 is 9.47 Å². The van der Waals surface area contributed by atoms with Gasteiger partial charge >= 0.3 is 0 Å². The molecule has 0 fully saturated rings. The van der Waals surface area contributed by atoms with Crippen molar-refractivity contribution in [1.82, 2.24) is 0 Å². The Morgan fingerprint density at radius 2 is 1.04 bits per heavy atom. The Balaban J connectivity index is 1.32. The maximum Gasteiger partial charge on any atom is 0.118 e. The van der Waals surface area contributed by atoms with Crippen LogP contribution in [0, 0.1) is 0 Å². The van der Waals surface area contributed by atoms with Crippen LogP contribution >= 0.6 is 0 Å². The molecule has 5 heteroatoms. The molecule has 0 heterocycles. The largest absolute Gasteiger partial charge is 0.497 e. The number of benzene rings is 6. The maximum absolute atomic E-state index is 12.3. The van der Waals surface area contributed by atoms with E-state index in [0.717, 1.165) is 43.8 Å². The molecule has 0 aliphatic heterocycles. The van der Waals surface area contributed by atoms with Gasteiger partial charge in [0, 0.05) is 6.61 Å². The Hall–Kier alpha value is -4.68. The van der Waals surface area contributed by atoms with Crippen LogP contribution in [0.3, 0.4) is 0 Å². The Morgan fingerprint density at radius 1 is 0.578 bits per heavy atom. The first kappa shape index (κ1) is 30.4. The zero-order valence-electron chi connectivity index (χ0n) is 25.6. The highest BCUT2D eigenvalue weighted by Crippen LogP contribution is 2.44. The van der Waals surface area contributed by atoms with Gasteiger partial charge in [-0.1, -0.05) is 103 Å². The molecule has 228 valence electrons. The van der Waals surface area contributed by atoms with Gasteiger partial charge in [0.2, 0.25) is 0 Å². The summed E-state index contributed by atoms with van der Waals surface area (Å²) >= 11 is 0. The molecule has 0 saturated carbocycles. The molecular formula is C40H38O5. The van der Waals surface area contributed by atoms with Crippen LogP contribution in [0.25, 0.3) is 21.5 Å². The van der Waals surface area contributed by atoms with Crippen molar-refractivity contribution in [3.05, 3.63) is 156 Å². The highest BCUT2D eigenvalue weighted by atomic mass is 16.5. The van der Waals surface area contributed by atoms with Crippen molar-refractivity contribution in [1.29, 1.82) is 0 Å². The standard InChI is InChI=1S/C40H38O5/c1-43-33-20-16-31(17-21-33)40(30-12-4-3-5-13-30,32-18-22-34(44-2)23-19-32)39(42)38(41)24-25-45-27-37-35-14-8-6-10-28(35)26-29-11-7-9-15-36(29)37/h3-23,26,38-39,41-42H,24-25,27H2,1-2H3. The van der Waals surface area contributed by atoms with E-state index in [0.29, 0.717) is 18.1 Å². The molecule has 45 heavy (non-hydrogen) atoms. The van der Waals surface area contributed by atoms with Crippen LogP contribution in [-0.4, -0.2) is 43.2 Å². The first-order chi connectivity index (χ1) is 22.1. The molecule has 5 nitrogen and oxygen atoms in total. The Kier molecular flexibility index (Phi) is 9.13. The summed E-state index contributed by atoms with van der Waals surface area (Å²) < 4.78 is 17.1. The lowest BCUT2D eigenvalue weighted by molar-refractivity contribution is -0.0295. The van der Waals surface area contributed by atoms with E-state index < -0.39 is 17.6 Å². The van der Waals surface area contributed by atoms with Gasteiger partial charge in [-0.05, 0) is 80.6 Å². The molecule has 2 unspecified atom stereocenters. The topological polar surface area (TPSA) is 68.2 Å². The molecule has 0 aliphatic rings. The lowest BCUT2D eigenvalue weighted by Gasteiger charge is -2.42. The summed E-state index contributed by atoms with van der Waals surface area (Å²) in [5.41, 5.74) is 2.54. The van der Waals surface area contributed by atoms with E-state index in [1.807, 2.05) is 103 Å². The average molecular weight is 599 g/mol. The lowest BCUT2D eigenvalue weighted by atomic mass is 9.64. The van der Waals surface area contributed by atoms with Crippen molar-refractivity contribution >= 4 is 21.5 Å². The van der Waals surface area contributed by atoms with E-state index in [1.165, 1.54) is 0 Å². The van der Waals surface area contributed by atoms with E-state index in [4.69, 9.17) is 14.2 Å². The Bertz CT molecular complexity index is 1750. The summed E-state index contributed by atoms with van der Waals surface area (Å²) in [5, 5.41) is 28.6. The van der Waals surface area contributed by atoms with Crippen LogP contribution in [0.4, 0.5) is 0 Å². The van der Waals surface area contributed by atoms with Gasteiger partial charge in [0.15, 0.2) is 0 Å². The van der Waals surface area contributed by atoms with E-state index in [-0.39, 0.29) is 13.0 Å². The molecule has 2 atom stereocenters. The number of hydrogen-bond acceptors (Lipinski definition) is 5. The van der Waals surface area contributed by atoms with Crippen LogP contribution in [0.2, 0.25) is 0 Å². The summed E-state index contributed by atoms with van der Waals surface area (Å²) in [6, 6.07) is 44.0. The second-order valence-corrected chi connectivity index (χ2v) is 11.3. The number of ether oxygens (including phenoxy) is 3. The summed E-state index contributed by atoms with van der Waals surface area (Å²) in [4.78, 5) is 0. The molecule has 6 aromatic rings. The van der Waals surface area contributed by atoms with Crippen LogP contribution in [0.1, 0.15) is 28.7 Å². The van der Waals surface area contributed by atoms with Gasteiger partial charge in [0.05, 0.1) is 38.4 Å². The molecule has 6 rings (SSSR count). The summed E-state index contributed by atoms with van der Waals surface area (Å²) in [6.07, 6.45) is -2.06. The number of rotatable bonds is 12. The fourth-order valence-corrected chi connectivity index (χ4v) is 6.51. The molecule has 0 saturated heterocycles. The number of aliphatic hydroxyl groups excluding tert-OH is 2. The molecule has 0 amide bonds. The fraction of sp³-hybridized carbons (Fsp3) is 0.200. The van der Waals surface area contributed by atoms with Crippen molar-refractivity contribution in [2.75, 3.05) is 20.8 Å². The molecule has 6 aromatic carbocycles. The molecule has 2 N–H and O–H groups in total. The highest BCUT2D eigenvalue weighted by Gasteiger charge is 2.46. The van der Waals surface area contributed by atoms with Crippen LogP contribution in [0.5, 0.6) is 11.5 Å². The second kappa shape index (κ2) is 13.5. The number of methoxy groups -OCH3 is 2. The first-order valence-corrected chi connectivity index (χ1v) is 15.2. The first-order valence-electron chi connectivity index (χ1n) is 15.2. The summed E-state index contributed by atoms with van der Waals surface area (Å²) in [5.74, 6) is 1.42. The van der Waals surface area contributed by atoms with Crippen molar-refractivity contribution in [2.45, 2.75) is 30.7 Å². The minimum atomic E-state index is -1.20. The SMILES string of the molecule is COc1ccc(C(c2ccccc2)(c2ccc(OC)cc2)C(O)C(O)CCOCc2c3ccccc3cc3ccccc23)cc1. The van der Waals surface area contributed by atoms with E-state index >= 15 is 0 Å². The van der Waals surface area contributed by atoms with E-state index in [1.54, 1.807) is 14.2 Å². The zero-order valence-corrected chi connectivity index (χ0v) is 25.6. The third-order valence-electron chi connectivity index (χ3n) is 8.82. The normalized spacial score (nSPS) is 13.1. The van der Waals surface area contributed by atoms with Crippen molar-refractivity contribution < 1.29 is 24.4 Å². The average Bonchev–Trinajstić information content (AvgIpc) is 3.10. The fourth-order valence-electron chi connectivity index (χ4n) is 6.51. The predicted molar refractivity (Wildman–Crippen MR) is 180 cm³/mol. The molecule has 0 bridgehead atoms. The minimum Gasteiger partial charge on any atom is -0.497 e. The molecule has 0 aliphatic carbocycles. The van der Waals surface area contributed by atoms with Gasteiger partial charge in [-0.3, -0.25) is 0 Å². The van der Waals surface area contributed by atoms with Crippen LogP contribution in [0.15, 0.2) is 133 Å². The summed E-state index contributed by atoms with van der Waals surface area (Å²) in [6.45, 7) is 0.664. The molecular weight excluding hydrogens is 560 g/mol. The number of fused-ring (bicyclic) bond motifs is 2. The van der Waals surface area contributed by atoms with Gasteiger partial charge in [0.25, 0.3) is 0 Å². The van der Waals surface area contributed by atoms with Gasteiger partial charge in [0.1, 0.15) is 11.5 Å². The lowest BCUT2D eigenvalue weighted by Crippen LogP contribution is -2.48. The van der Waals surface area contributed by atoms with Gasteiger partial charge in [-0.2, -0.15) is 0 Å². The number of aliphatic hydroxyl groups is 2. The number of hydrogen-bond donors (Lipinski definition) is 2. The second-order valence-electron chi connectivity index (χ2n) is 11.3. The van der Waals surface area contributed by atoms with Gasteiger partial charge < -0.3 is 24.4 Å². The Morgan fingerprint density at radius 3 is 1.56 bits per heavy atom. The van der Waals surface area contributed by atoms with Crippen molar-refractivity contribution in [2.24, 2.45) is 0 Å². The smallest absolute Gasteiger partial charge is 0.118 e. The maximum atomic E-state index is 12.3. The predicted octanol–water partition coefficient (Wildman–Crippen LogP) is 7.67. The zero-order chi connectivity index (χ0) is 31.2. The van der Waals surface area contributed by atoms with Crippen molar-refractivity contribution in [3.8, 4) is 11.5 Å². The third-order valence-corrected chi connectivity index (χ3v) is 8.82. The van der Waals surface area contributed by atoms with E-state index in [9.17, 15) is 10.2 Å². The monoisotopic (exact) mass is 598 g/mol. The van der Waals surface area contributed by atoms with Gasteiger partial charge in [-0.15, -0.1) is 0 Å². The third kappa shape index (κ3) is 5.90. The van der Waals surface area contributed by atoms with Gasteiger partial charge in [-0.25, -0.2) is 0 Å². The van der Waals surface area contributed by atoms with Crippen LogP contribution in [-0.2, 0) is 16.8 Å². The quantitative estimate of drug-likeness (QED) is 0.0860. The van der Waals surface area contributed by atoms with E-state index in [2.05, 4.69) is 30.3 Å². The summed E-state index contributed by atoms with van der Waals surface area (Å²) in [7, 11) is 3.26. The van der Waals surface area contributed by atoms with Crippen molar-refractivity contribution in [3.63, 3.8) is 0 Å². The molecule has 0 spiro atoms. The Labute approximate surface area is 264 Å².